The number of Topliss-reactive ketones (excluding diaryl/α,β-unsaturated/α-hetero) is 1. The maximum absolute atomic E-state index is 12.6. The van der Waals surface area contributed by atoms with E-state index in [1.807, 2.05) is 61.5 Å². The smallest absolute Gasteiger partial charge is 0.255 e. The van der Waals surface area contributed by atoms with Crippen molar-refractivity contribution in [2.24, 2.45) is 0 Å². The van der Waals surface area contributed by atoms with Crippen LogP contribution in [0.25, 0.3) is 11.1 Å². The third-order valence-electron chi connectivity index (χ3n) is 4.84. The average molecular weight is 341 g/mol. The van der Waals surface area contributed by atoms with Crippen LogP contribution in [0.2, 0.25) is 0 Å². The van der Waals surface area contributed by atoms with E-state index in [-0.39, 0.29) is 11.7 Å². The summed E-state index contributed by atoms with van der Waals surface area (Å²) in [5, 5.41) is 2.93. The first-order valence-electron chi connectivity index (χ1n) is 8.76. The maximum atomic E-state index is 12.6. The molecule has 3 nitrogen and oxygen atoms in total. The minimum atomic E-state index is -0.195. The van der Waals surface area contributed by atoms with Crippen molar-refractivity contribution in [3.63, 3.8) is 0 Å². The Labute approximate surface area is 152 Å². The Morgan fingerprint density at radius 3 is 2.35 bits per heavy atom. The number of nitrogens with one attached hydrogen (secondary N) is 1. The summed E-state index contributed by atoms with van der Waals surface area (Å²) in [7, 11) is 0. The Balaban J connectivity index is 1.72. The summed E-state index contributed by atoms with van der Waals surface area (Å²) < 4.78 is 0. The van der Waals surface area contributed by atoms with Gasteiger partial charge in [-0.2, -0.15) is 0 Å². The molecule has 1 aliphatic carbocycles. The Hall–Kier alpha value is -3.20. The number of amides is 1. The highest BCUT2D eigenvalue weighted by atomic mass is 16.1. The lowest BCUT2D eigenvalue weighted by molar-refractivity contribution is 0.0995. The predicted molar refractivity (Wildman–Crippen MR) is 104 cm³/mol. The lowest BCUT2D eigenvalue weighted by Crippen LogP contribution is -2.14. The zero-order valence-electron chi connectivity index (χ0n) is 14.6. The minimum Gasteiger partial charge on any atom is -0.321 e. The number of ketones is 1. The maximum Gasteiger partial charge on any atom is 0.255 e. The molecule has 128 valence electrons. The van der Waals surface area contributed by atoms with Crippen molar-refractivity contribution in [3.8, 4) is 11.1 Å². The molecule has 1 aliphatic rings. The zero-order valence-corrected chi connectivity index (χ0v) is 14.6. The summed E-state index contributed by atoms with van der Waals surface area (Å²) in [6.07, 6.45) is 1.21. The molecule has 0 bridgehead atoms. The van der Waals surface area contributed by atoms with E-state index in [9.17, 15) is 9.59 Å². The van der Waals surface area contributed by atoms with Crippen LogP contribution in [0.5, 0.6) is 0 Å². The highest BCUT2D eigenvalue weighted by Gasteiger charge is 2.27. The van der Waals surface area contributed by atoms with E-state index in [0.717, 1.165) is 22.3 Å². The molecule has 1 amide bonds. The van der Waals surface area contributed by atoms with Gasteiger partial charge in [-0.15, -0.1) is 0 Å². The van der Waals surface area contributed by atoms with Gasteiger partial charge in [0.2, 0.25) is 0 Å². The van der Waals surface area contributed by atoms with E-state index >= 15 is 0 Å². The van der Waals surface area contributed by atoms with Crippen LogP contribution in [-0.4, -0.2) is 11.7 Å². The molecule has 3 aromatic rings. The van der Waals surface area contributed by atoms with Crippen molar-refractivity contribution in [1.29, 1.82) is 0 Å². The van der Waals surface area contributed by atoms with Crippen LogP contribution in [0.1, 0.15) is 38.3 Å². The fraction of sp³-hybridized carbons (Fsp3) is 0.130. The third-order valence-corrected chi connectivity index (χ3v) is 4.84. The lowest BCUT2D eigenvalue weighted by Gasteiger charge is -2.14. The second-order valence-electron chi connectivity index (χ2n) is 6.62. The van der Waals surface area contributed by atoms with Crippen LogP contribution in [0.15, 0.2) is 66.7 Å². The van der Waals surface area contributed by atoms with Gasteiger partial charge in [-0.1, -0.05) is 54.1 Å². The first-order valence-corrected chi connectivity index (χ1v) is 8.76. The summed E-state index contributed by atoms with van der Waals surface area (Å²) in [5.41, 5.74) is 6.14. The van der Waals surface area contributed by atoms with Gasteiger partial charge in [0.15, 0.2) is 5.78 Å². The number of hydrogen-bond donors (Lipinski definition) is 1. The first kappa shape index (κ1) is 16.3. The molecule has 4 rings (SSSR count). The number of carbonyl (C=O) groups is 2. The highest BCUT2D eigenvalue weighted by Crippen LogP contribution is 2.37. The Morgan fingerprint density at radius 2 is 1.62 bits per heavy atom. The summed E-state index contributed by atoms with van der Waals surface area (Å²) >= 11 is 0. The molecule has 0 aromatic heterocycles. The van der Waals surface area contributed by atoms with Gasteiger partial charge >= 0.3 is 0 Å². The van der Waals surface area contributed by atoms with E-state index in [0.29, 0.717) is 29.7 Å². The van der Waals surface area contributed by atoms with Gasteiger partial charge in [0, 0.05) is 17.5 Å². The van der Waals surface area contributed by atoms with E-state index < -0.39 is 0 Å². The van der Waals surface area contributed by atoms with Crippen molar-refractivity contribution in [2.45, 2.75) is 19.8 Å². The molecule has 1 N–H and O–H groups in total. The van der Waals surface area contributed by atoms with Crippen molar-refractivity contribution in [3.05, 3.63) is 89.0 Å². The van der Waals surface area contributed by atoms with Crippen molar-refractivity contribution in [1.82, 2.24) is 0 Å². The largest absolute Gasteiger partial charge is 0.321 e. The third kappa shape index (κ3) is 2.92. The molecular weight excluding hydrogens is 322 g/mol. The Bertz CT molecular complexity index is 989. The number of benzene rings is 3. The van der Waals surface area contributed by atoms with Crippen molar-refractivity contribution < 1.29 is 9.59 Å². The number of carbonyl (C=O) groups excluding carboxylic acids is 2. The molecule has 0 saturated carbocycles. The molecule has 0 radical (unpaired) electrons. The monoisotopic (exact) mass is 341 g/mol. The number of hydrogen-bond acceptors (Lipinski definition) is 2. The SMILES string of the molecule is Cc1ccc(C(=O)Nc2ccc(-c3ccccc3)c3c2C(=O)CC3)cc1. The van der Waals surface area contributed by atoms with Crippen LogP contribution in [-0.2, 0) is 6.42 Å². The normalized spacial score (nSPS) is 12.7. The lowest BCUT2D eigenvalue weighted by atomic mass is 9.95. The molecule has 0 fully saturated rings. The molecule has 0 spiro atoms. The highest BCUT2D eigenvalue weighted by molar-refractivity contribution is 6.12. The van der Waals surface area contributed by atoms with E-state index in [1.165, 1.54) is 0 Å². The predicted octanol–water partition coefficient (Wildman–Crippen LogP) is 5.04. The van der Waals surface area contributed by atoms with E-state index in [2.05, 4.69) is 5.32 Å². The molecule has 3 aromatic carbocycles. The number of anilines is 1. The van der Waals surface area contributed by atoms with Crippen LogP contribution in [0.3, 0.4) is 0 Å². The van der Waals surface area contributed by atoms with Crippen LogP contribution < -0.4 is 5.32 Å². The van der Waals surface area contributed by atoms with Gasteiger partial charge in [0.25, 0.3) is 5.91 Å². The molecule has 0 unspecified atom stereocenters. The fourth-order valence-electron chi connectivity index (χ4n) is 3.48. The Morgan fingerprint density at radius 1 is 0.885 bits per heavy atom. The molecule has 3 heteroatoms. The molecule has 0 atom stereocenters. The fourth-order valence-corrected chi connectivity index (χ4v) is 3.48. The van der Waals surface area contributed by atoms with Gasteiger partial charge in [0.05, 0.1) is 5.69 Å². The Kier molecular flexibility index (Phi) is 4.13. The van der Waals surface area contributed by atoms with Crippen LogP contribution in [0.4, 0.5) is 5.69 Å². The summed E-state index contributed by atoms with van der Waals surface area (Å²) in [4.78, 5) is 25.0. The number of rotatable bonds is 3. The van der Waals surface area contributed by atoms with Gasteiger partial charge in [-0.25, -0.2) is 0 Å². The van der Waals surface area contributed by atoms with E-state index in [4.69, 9.17) is 0 Å². The molecular formula is C23H19NO2. The summed E-state index contributed by atoms with van der Waals surface area (Å²) in [6, 6.07) is 21.3. The quantitative estimate of drug-likeness (QED) is 0.725. The second-order valence-corrected chi connectivity index (χ2v) is 6.62. The van der Waals surface area contributed by atoms with Crippen LogP contribution in [0, 0.1) is 6.92 Å². The van der Waals surface area contributed by atoms with Gasteiger partial charge in [-0.05, 0) is 48.2 Å². The summed E-state index contributed by atoms with van der Waals surface area (Å²) in [6.45, 7) is 1.98. The topological polar surface area (TPSA) is 46.2 Å². The standard InChI is InChI=1S/C23H19NO2/c1-15-7-9-17(10-8-15)23(26)24-20-13-11-18(16-5-3-2-4-6-16)19-12-14-21(25)22(19)20/h2-11,13H,12,14H2,1H3,(H,24,26). The van der Waals surface area contributed by atoms with Crippen molar-refractivity contribution in [2.75, 3.05) is 5.32 Å². The van der Waals surface area contributed by atoms with Gasteiger partial charge in [0.1, 0.15) is 0 Å². The second kappa shape index (κ2) is 6.60. The molecule has 26 heavy (non-hydrogen) atoms. The van der Waals surface area contributed by atoms with Crippen molar-refractivity contribution >= 4 is 17.4 Å². The number of aryl methyl sites for hydroxylation is 1. The van der Waals surface area contributed by atoms with Crippen LogP contribution >= 0.6 is 0 Å². The average Bonchev–Trinajstić information content (AvgIpc) is 3.05. The summed E-state index contributed by atoms with van der Waals surface area (Å²) in [5.74, 6) is -0.101. The van der Waals surface area contributed by atoms with Gasteiger partial charge < -0.3 is 5.32 Å². The minimum absolute atomic E-state index is 0.0944. The molecule has 0 heterocycles. The van der Waals surface area contributed by atoms with E-state index in [1.54, 1.807) is 12.1 Å². The first-order chi connectivity index (χ1) is 12.6. The number of fused-ring (bicyclic) bond motifs is 1. The molecule has 0 saturated heterocycles. The van der Waals surface area contributed by atoms with Gasteiger partial charge in [-0.3, -0.25) is 9.59 Å². The molecule has 0 aliphatic heterocycles. The zero-order chi connectivity index (χ0) is 18.1.